The Hall–Kier alpha value is -0.160. The molecule has 2 unspecified atom stereocenters. The number of morpholine rings is 1. The molecule has 1 fully saturated rings. The van der Waals surface area contributed by atoms with E-state index in [4.69, 9.17) is 10.5 Å². The highest BCUT2D eigenvalue weighted by Gasteiger charge is 2.21. The fraction of sp³-hybridized carbons (Fsp3) is 1.00. The first kappa shape index (κ1) is 11.9. The normalized spacial score (nSPS) is 24.9. The Morgan fingerprint density at radius 1 is 1.64 bits per heavy atom. The molecular formula is C10H23N3O. The third-order valence-corrected chi connectivity index (χ3v) is 2.66. The van der Waals surface area contributed by atoms with Crippen LogP contribution in [0.25, 0.3) is 0 Å². The van der Waals surface area contributed by atoms with Crippen molar-refractivity contribution in [2.24, 2.45) is 5.73 Å². The van der Waals surface area contributed by atoms with E-state index in [1.54, 1.807) is 0 Å². The maximum absolute atomic E-state index is 5.45. The lowest BCUT2D eigenvalue weighted by Crippen LogP contribution is -2.54. The van der Waals surface area contributed by atoms with E-state index in [0.717, 1.165) is 45.7 Å². The van der Waals surface area contributed by atoms with Gasteiger partial charge < -0.3 is 21.1 Å². The second kappa shape index (κ2) is 7.17. The van der Waals surface area contributed by atoms with Crippen molar-refractivity contribution >= 4 is 0 Å². The van der Waals surface area contributed by atoms with Gasteiger partial charge in [-0.25, -0.2) is 0 Å². The van der Waals surface area contributed by atoms with Crippen LogP contribution in [-0.4, -0.2) is 44.9 Å². The molecule has 4 N–H and O–H groups in total. The molecule has 4 nitrogen and oxygen atoms in total. The zero-order valence-electron chi connectivity index (χ0n) is 9.09. The summed E-state index contributed by atoms with van der Waals surface area (Å²) < 4.78 is 5.44. The molecule has 0 bridgehead atoms. The molecule has 1 aliphatic rings. The summed E-state index contributed by atoms with van der Waals surface area (Å²) in [5, 5.41) is 7.00. The zero-order chi connectivity index (χ0) is 10.2. The maximum atomic E-state index is 5.45. The molecule has 0 aromatic rings. The Labute approximate surface area is 86.6 Å². The lowest BCUT2D eigenvalue weighted by Gasteiger charge is -2.31. The summed E-state index contributed by atoms with van der Waals surface area (Å²) in [5.74, 6) is 0. The van der Waals surface area contributed by atoms with Crippen LogP contribution in [0.15, 0.2) is 0 Å². The first-order chi connectivity index (χ1) is 6.88. The Kier molecular flexibility index (Phi) is 6.10. The highest BCUT2D eigenvalue weighted by Crippen LogP contribution is 2.03. The van der Waals surface area contributed by atoms with Crippen LogP contribution in [0, 0.1) is 0 Å². The van der Waals surface area contributed by atoms with Crippen molar-refractivity contribution in [2.45, 2.75) is 31.8 Å². The number of rotatable bonds is 6. The Bertz CT molecular complexity index is 137. The fourth-order valence-corrected chi connectivity index (χ4v) is 1.80. The molecule has 4 heteroatoms. The summed E-state index contributed by atoms with van der Waals surface area (Å²) >= 11 is 0. The van der Waals surface area contributed by atoms with E-state index >= 15 is 0 Å². The van der Waals surface area contributed by atoms with Gasteiger partial charge in [-0.1, -0.05) is 6.92 Å². The van der Waals surface area contributed by atoms with Crippen LogP contribution in [0.1, 0.15) is 19.8 Å². The molecule has 0 aromatic heterocycles. The van der Waals surface area contributed by atoms with E-state index in [-0.39, 0.29) is 0 Å². The Morgan fingerprint density at radius 3 is 3.07 bits per heavy atom. The zero-order valence-corrected chi connectivity index (χ0v) is 9.09. The van der Waals surface area contributed by atoms with Gasteiger partial charge in [0, 0.05) is 18.6 Å². The molecule has 2 atom stereocenters. The average molecular weight is 201 g/mol. The largest absolute Gasteiger partial charge is 0.378 e. The van der Waals surface area contributed by atoms with Crippen LogP contribution >= 0.6 is 0 Å². The van der Waals surface area contributed by atoms with E-state index in [1.807, 2.05) is 0 Å². The maximum Gasteiger partial charge on any atom is 0.0635 e. The number of hydrogen-bond acceptors (Lipinski definition) is 4. The second-order valence-electron chi connectivity index (χ2n) is 3.75. The highest BCUT2D eigenvalue weighted by molar-refractivity contribution is 4.83. The predicted octanol–water partition coefficient (Wildman–Crippen LogP) is -0.308. The quantitative estimate of drug-likeness (QED) is 0.516. The molecule has 0 aliphatic carbocycles. The lowest BCUT2D eigenvalue weighted by molar-refractivity contribution is 0.0631. The number of nitrogens with two attached hydrogens (primary N) is 1. The minimum atomic E-state index is 0.464. The summed E-state index contributed by atoms with van der Waals surface area (Å²) in [5.41, 5.74) is 5.45. The average Bonchev–Trinajstić information content (AvgIpc) is 2.26. The van der Waals surface area contributed by atoms with E-state index in [2.05, 4.69) is 17.6 Å². The first-order valence-corrected chi connectivity index (χ1v) is 5.63. The van der Waals surface area contributed by atoms with E-state index < -0.39 is 0 Å². The summed E-state index contributed by atoms with van der Waals surface area (Å²) in [4.78, 5) is 0. The van der Waals surface area contributed by atoms with Crippen molar-refractivity contribution in [3.63, 3.8) is 0 Å². The van der Waals surface area contributed by atoms with Crippen LogP contribution in [0.3, 0.4) is 0 Å². The molecule has 1 heterocycles. The van der Waals surface area contributed by atoms with Gasteiger partial charge in [0.25, 0.3) is 0 Å². The smallest absolute Gasteiger partial charge is 0.0635 e. The molecule has 1 rings (SSSR count). The Balaban J connectivity index is 2.21. The molecule has 1 saturated heterocycles. The third-order valence-electron chi connectivity index (χ3n) is 2.66. The van der Waals surface area contributed by atoms with Gasteiger partial charge in [0.1, 0.15) is 0 Å². The predicted molar refractivity (Wildman–Crippen MR) is 58.4 cm³/mol. The van der Waals surface area contributed by atoms with Crippen LogP contribution in [-0.2, 0) is 4.74 Å². The van der Waals surface area contributed by atoms with E-state index in [1.165, 1.54) is 0 Å². The van der Waals surface area contributed by atoms with Crippen molar-refractivity contribution in [2.75, 3.05) is 32.8 Å². The van der Waals surface area contributed by atoms with Gasteiger partial charge in [-0.3, -0.25) is 0 Å². The van der Waals surface area contributed by atoms with E-state index in [9.17, 15) is 0 Å². The molecule has 0 radical (unpaired) electrons. The van der Waals surface area contributed by atoms with Crippen molar-refractivity contribution in [3.8, 4) is 0 Å². The van der Waals surface area contributed by atoms with Crippen LogP contribution in [0.4, 0.5) is 0 Å². The minimum absolute atomic E-state index is 0.464. The number of nitrogens with one attached hydrogen (secondary N) is 2. The molecule has 84 valence electrons. The molecule has 0 spiro atoms. The molecular weight excluding hydrogens is 178 g/mol. The van der Waals surface area contributed by atoms with Crippen LogP contribution in [0.2, 0.25) is 0 Å². The van der Waals surface area contributed by atoms with E-state index in [0.29, 0.717) is 12.1 Å². The number of ether oxygens (including phenoxy) is 1. The van der Waals surface area contributed by atoms with Gasteiger partial charge in [0.05, 0.1) is 13.2 Å². The number of hydrogen-bond donors (Lipinski definition) is 3. The molecule has 0 aromatic carbocycles. The third kappa shape index (κ3) is 3.92. The monoisotopic (exact) mass is 201 g/mol. The van der Waals surface area contributed by atoms with Crippen LogP contribution in [0.5, 0.6) is 0 Å². The SMILES string of the molecule is CCC(NCCCN)C1COCCN1. The van der Waals surface area contributed by atoms with Gasteiger partial charge in [-0.2, -0.15) is 0 Å². The van der Waals surface area contributed by atoms with Crippen molar-refractivity contribution in [1.29, 1.82) is 0 Å². The summed E-state index contributed by atoms with van der Waals surface area (Å²) in [6, 6.07) is 0.980. The van der Waals surface area contributed by atoms with Crippen molar-refractivity contribution in [3.05, 3.63) is 0 Å². The van der Waals surface area contributed by atoms with Gasteiger partial charge >= 0.3 is 0 Å². The van der Waals surface area contributed by atoms with Gasteiger partial charge in [0.2, 0.25) is 0 Å². The topological polar surface area (TPSA) is 59.3 Å². The second-order valence-corrected chi connectivity index (χ2v) is 3.75. The highest BCUT2D eigenvalue weighted by atomic mass is 16.5. The lowest BCUT2D eigenvalue weighted by atomic mass is 10.1. The molecule has 0 amide bonds. The summed E-state index contributed by atoms with van der Waals surface area (Å²) in [6.45, 7) is 6.62. The van der Waals surface area contributed by atoms with Gasteiger partial charge in [-0.15, -0.1) is 0 Å². The fourth-order valence-electron chi connectivity index (χ4n) is 1.80. The van der Waals surface area contributed by atoms with Gasteiger partial charge in [0.15, 0.2) is 0 Å². The summed E-state index contributed by atoms with van der Waals surface area (Å²) in [7, 11) is 0. The Morgan fingerprint density at radius 2 is 2.50 bits per heavy atom. The van der Waals surface area contributed by atoms with Crippen LogP contribution < -0.4 is 16.4 Å². The van der Waals surface area contributed by atoms with Crippen molar-refractivity contribution < 1.29 is 4.74 Å². The minimum Gasteiger partial charge on any atom is -0.378 e. The van der Waals surface area contributed by atoms with Crippen molar-refractivity contribution in [1.82, 2.24) is 10.6 Å². The summed E-state index contributed by atoms with van der Waals surface area (Å²) in [6.07, 6.45) is 2.18. The molecule has 14 heavy (non-hydrogen) atoms. The standard InChI is InChI=1S/C10H23N3O/c1-2-9(12-5-3-4-11)10-8-14-7-6-13-10/h9-10,12-13H,2-8,11H2,1H3. The van der Waals surface area contributed by atoms with Gasteiger partial charge in [-0.05, 0) is 25.9 Å². The molecule has 0 saturated carbocycles. The molecule has 1 aliphatic heterocycles. The first-order valence-electron chi connectivity index (χ1n) is 5.63.